The molecular weight excluding hydrogens is 571 g/mol. The highest BCUT2D eigenvalue weighted by molar-refractivity contribution is 7.09. The van der Waals surface area contributed by atoms with Gasteiger partial charge in [-0.25, -0.2) is 4.39 Å². The lowest BCUT2D eigenvalue weighted by atomic mass is 10.0. The molecule has 3 N–H and O–H groups in total. The summed E-state index contributed by atoms with van der Waals surface area (Å²) in [6.45, 7) is 0.191. The lowest BCUT2D eigenvalue weighted by Crippen LogP contribution is -2.45. The summed E-state index contributed by atoms with van der Waals surface area (Å²) >= 11 is 0.949. The van der Waals surface area contributed by atoms with E-state index in [0.29, 0.717) is 34.1 Å². The first-order valence-electron chi connectivity index (χ1n) is 14.1. The zero-order chi connectivity index (χ0) is 29.9. The van der Waals surface area contributed by atoms with Crippen molar-refractivity contribution in [3.63, 3.8) is 0 Å². The van der Waals surface area contributed by atoms with Crippen LogP contribution in [-0.2, 0) is 11.3 Å². The predicted octanol–water partition coefficient (Wildman–Crippen LogP) is 5.71. The number of amides is 2. The molecule has 0 unspecified atom stereocenters. The highest BCUT2D eigenvalue weighted by atomic mass is 32.1. The van der Waals surface area contributed by atoms with E-state index in [1.54, 1.807) is 49.6 Å². The van der Waals surface area contributed by atoms with E-state index in [0.717, 1.165) is 42.8 Å². The van der Waals surface area contributed by atoms with Gasteiger partial charge in [-0.05, 0) is 84.0 Å². The Hall–Kier alpha value is -4.64. The Bertz CT molecular complexity index is 1620. The van der Waals surface area contributed by atoms with Crippen molar-refractivity contribution in [3.8, 4) is 28.5 Å². The van der Waals surface area contributed by atoms with Crippen molar-refractivity contribution in [1.29, 1.82) is 0 Å². The van der Waals surface area contributed by atoms with Crippen LogP contribution < -0.4 is 25.3 Å². The second kappa shape index (κ2) is 12.3. The van der Waals surface area contributed by atoms with Crippen LogP contribution >= 0.6 is 11.5 Å². The molecule has 1 aliphatic heterocycles. The first-order chi connectivity index (χ1) is 20.9. The van der Waals surface area contributed by atoms with Gasteiger partial charge in [-0.3, -0.25) is 9.59 Å². The first-order valence-corrected chi connectivity index (χ1v) is 14.8. The SMILES string of the molecule is COc1ccc([C@H](C(=O)NC2CCCC2)N(Cc2ccc3c(c2)OCO3)C(=O)c2snc(-c3ccc(F)cc3)c2N)cc1. The number of aromatic nitrogens is 1. The molecule has 6 rings (SSSR count). The van der Waals surface area contributed by atoms with Crippen molar-refractivity contribution in [2.75, 3.05) is 19.6 Å². The summed E-state index contributed by atoms with van der Waals surface area (Å²) in [5.41, 5.74) is 9.01. The molecule has 3 aromatic carbocycles. The molecule has 0 spiro atoms. The Morgan fingerprint density at radius 2 is 1.79 bits per heavy atom. The molecule has 1 saturated carbocycles. The van der Waals surface area contributed by atoms with Crippen LogP contribution in [0, 0.1) is 5.82 Å². The number of rotatable bonds is 9. The van der Waals surface area contributed by atoms with E-state index < -0.39 is 11.9 Å². The molecule has 1 aromatic heterocycles. The molecule has 1 fully saturated rings. The molecule has 1 atom stereocenters. The smallest absolute Gasteiger partial charge is 0.268 e. The average molecular weight is 603 g/mol. The highest BCUT2D eigenvalue weighted by Gasteiger charge is 2.36. The molecule has 43 heavy (non-hydrogen) atoms. The molecule has 11 heteroatoms. The Balaban J connectivity index is 1.42. The van der Waals surface area contributed by atoms with E-state index in [1.165, 1.54) is 17.0 Å². The van der Waals surface area contributed by atoms with E-state index in [1.807, 2.05) is 12.1 Å². The Kier molecular flexibility index (Phi) is 8.15. The van der Waals surface area contributed by atoms with Gasteiger partial charge in [-0.15, -0.1) is 0 Å². The minimum Gasteiger partial charge on any atom is -0.497 e. The number of fused-ring (bicyclic) bond motifs is 1. The minimum absolute atomic E-state index is 0.0364. The van der Waals surface area contributed by atoms with Gasteiger partial charge >= 0.3 is 0 Å². The Morgan fingerprint density at radius 3 is 2.51 bits per heavy atom. The number of halogens is 1. The summed E-state index contributed by atoms with van der Waals surface area (Å²) in [5.74, 6) is 0.680. The molecule has 2 aliphatic rings. The number of nitrogen functional groups attached to an aromatic ring is 1. The number of hydrogen-bond donors (Lipinski definition) is 2. The van der Waals surface area contributed by atoms with Gasteiger partial charge in [0.15, 0.2) is 11.5 Å². The van der Waals surface area contributed by atoms with Crippen molar-refractivity contribution in [2.45, 2.75) is 44.3 Å². The predicted molar refractivity (Wildman–Crippen MR) is 160 cm³/mol. The van der Waals surface area contributed by atoms with Gasteiger partial charge in [0.2, 0.25) is 12.7 Å². The van der Waals surface area contributed by atoms with Crippen LogP contribution in [0.25, 0.3) is 11.3 Å². The van der Waals surface area contributed by atoms with Crippen molar-refractivity contribution < 1.29 is 28.2 Å². The van der Waals surface area contributed by atoms with E-state index in [2.05, 4.69) is 9.69 Å². The number of nitrogens with two attached hydrogens (primary N) is 1. The quantitative estimate of drug-likeness (QED) is 0.252. The normalized spacial score (nSPS) is 14.8. The van der Waals surface area contributed by atoms with Gasteiger partial charge in [-0.1, -0.05) is 31.0 Å². The van der Waals surface area contributed by atoms with Crippen LogP contribution in [0.15, 0.2) is 66.7 Å². The van der Waals surface area contributed by atoms with Gasteiger partial charge in [-0.2, -0.15) is 4.37 Å². The fourth-order valence-corrected chi connectivity index (χ4v) is 6.30. The van der Waals surface area contributed by atoms with Crippen LogP contribution in [0.5, 0.6) is 17.2 Å². The van der Waals surface area contributed by atoms with Crippen LogP contribution in [0.2, 0.25) is 0 Å². The second-order valence-corrected chi connectivity index (χ2v) is 11.3. The molecule has 9 nitrogen and oxygen atoms in total. The van der Waals surface area contributed by atoms with Gasteiger partial charge in [0.1, 0.15) is 28.2 Å². The molecule has 222 valence electrons. The van der Waals surface area contributed by atoms with E-state index in [4.69, 9.17) is 19.9 Å². The molecule has 2 amide bonds. The Morgan fingerprint density at radius 1 is 1.07 bits per heavy atom. The molecule has 2 heterocycles. The number of methoxy groups -OCH3 is 1. The highest BCUT2D eigenvalue weighted by Crippen LogP contribution is 2.37. The van der Waals surface area contributed by atoms with Gasteiger partial charge in [0, 0.05) is 18.2 Å². The van der Waals surface area contributed by atoms with Crippen LogP contribution in [-0.4, -0.2) is 41.0 Å². The van der Waals surface area contributed by atoms with Crippen LogP contribution in [0.4, 0.5) is 10.1 Å². The van der Waals surface area contributed by atoms with Gasteiger partial charge in [0.25, 0.3) is 5.91 Å². The fraction of sp³-hybridized carbons (Fsp3) is 0.281. The van der Waals surface area contributed by atoms with Gasteiger partial charge in [0.05, 0.1) is 12.8 Å². The topological polar surface area (TPSA) is 116 Å². The summed E-state index contributed by atoms with van der Waals surface area (Å²) in [6, 6.07) is 17.4. The zero-order valence-electron chi connectivity index (χ0n) is 23.5. The maximum Gasteiger partial charge on any atom is 0.268 e. The van der Waals surface area contributed by atoms with Crippen LogP contribution in [0.3, 0.4) is 0 Å². The van der Waals surface area contributed by atoms with E-state index in [9.17, 15) is 14.0 Å². The largest absolute Gasteiger partial charge is 0.497 e. The number of hydrogen-bond acceptors (Lipinski definition) is 8. The van der Waals surface area contributed by atoms with Gasteiger partial charge < -0.3 is 30.2 Å². The number of anilines is 1. The summed E-state index contributed by atoms with van der Waals surface area (Å²) in [4.78, 5) is 30.3. The lowest BCUT2D eigenvalue weighted by molar-refractivity contribution is -0.126. The van der Waals surface area contributed by atoms with Crippen molar-refractivity contribution >= 4 is 29.0 Å². The lowest BCUT2D eigenvalue weighted by Gasteiger charge is -2.32. The molecule has 0 radical (unpaired) electrons. The fourth-order valence-electron chi connectivity index (χ4n) is 5.52. The number of ether oxygens (including phenoxy) is 3. The zero-order valence-corrected chi connectivity index (χ0v) is 24.4. The third kappa shape index (κ3) is 5.98. The Labute approximate surface area is 252 Å². The van der Waals surface area contributed by atoms with Crippen molar-refractivity contribution in [1.82, 2.24) is 14.6 Å². The number of nitrogens with zero attached hydrogens (tertiary/aromatic N) is 2. The summed E-state index contributed by atoms with van der Waals surface area (Å²) in [6.07, 6.45) is 3.86. The molecular formula is C32H31FN4O5S. The number of carbonyl (C=O) groups excluding carboxylic acids is 2. The summed E-state index contributed by atoms with van der Waals surface area (Å²) < 4.78 is 34.4. The average Bonchev–Trinajstić information content (AvgIpc) is 3.79. The third-order valence-electron chi connectivity index (χ3n) is 7.78. The summed E-state index contributed by atoms with van der Waals surface area (Å²) in [7, 11) is 1.57. The minimum atomic E-state index is -0.986. The van der Waals surface area contributed by atoms with E-state index in [-0.39, 0.29) is 41.7 Å². The summed E-state index contributed by atoms with van der Waals surface area (Å²) in [5, 5.41) is 3.18. The maximum atomic E-state index is 14.5. The second-order valence-electron chi connectivity index (χ2n) is 10.6. The van der Waals surface area contributed by atoms with E-state index >= 15 is 0 Å². The molecule has 1 aliphatic carbocycles. The number of carbonyl (C=O) groups is 2. The molecule has 4 aromatic rings. The van der Waals surface area contributed by atoms with Crippen molar-refractivity contribution in [3.05, 3.63) is 88.6 Å². The number of benzene rings is 3. The monoisotopic (exact) mass is 602 g/mol. The third-order valence-corrected chi connectivity index (χ3v) is 8.63. The van der Waals surface area contributed by atoms with Crippen molar-refractivity contribution in [2.24, 2.45) is 0 Å². The first kappa shape index (κ1) is 28.5. The van der Waals surface area contributed by atoms with Crippen LogP contribution in [0.1, 0.15) is 52.5 Å². The number of nitrogens with one attached hydrogen (secondary N) is 1. The molecule has 0 bridgehead atoms. The standard InChI is InChI=1S/C32H31FN4O5S/c1-40-24-13-9-21(10-14-24)29(31(38)35-23-4-2-3-5-23)37(17-19-6-15-25-26(16-19)42-18-41-25)32(39)30-27(34)28(36-43-30)20-7-11-22(33)12-8-20/h6-16,23,29H,2-5,17-18,34H2,1H3,(H,35,38)/t29-/m1/s1. The molecule has 0 saturated heterocycles. The maximum absolute atomic E-state index is 14.5.